The second-order valence-electron chi connectivity index (χ2n) is 7.67. The van der Waals surface area contributed by atoms with Gasteiger partial charge < -0.3 is 10.2 Å². The van der Waals surface area contributed by atoms with Gasteiger partial charge in [0.1, 0.15) is 0 Å². The van der Waals surface area contributed by atoms with E-state index in [0.29, 0.717) is 23.7 Å². The van der Waals surface area contributed by atoms with Crippen LogP contribution in [-0.4, -0.2) is 45.9 Å². The molecule has 2 N–H and O–H groups in total. The summed E-state index contributed by atoms with van der Waals surface area (Å²) < 4.78 is 0. The first-order chi connectivity index (χ1) is 9.14. The Morgan fingerprint density at radius 2 is 1.68 bits per heavy atom. The highest BCUT2D eigenvalue weighted by atomic mass is 16.3. The standard InChI is InChI=1S/C16H27NO2/c1-10-8-11-12-4-2-6-17-7-3-5-13(15(19)14(11)18)16(12,17)9-10/h10-15,18-19H,2-9H2,1H3/t10-,11-,12-,13-,14+,15+,16-/m1/s1. The van der Waals surface area contributed by atoms with Crippen LogP contribution in [0.3, 0.4) is 0 Å². The largest absolute Gasteiger partial charge is 0.390 e. The molecule has 2 saturated heterocycles. The first-order valence-corrected chi connectivity index (χ1v) is 8.26. The maximum Gasteiger partial charge on any atom is 0.0847 e. The van der Waals surface area contributed by atoms with Crippen molar-refractivity contribution in [3.05, 3.63) is 0 Å². The van der Waals surface area contributed by atoms with E-state index in [1.54, 1.807) is 0 Å². The Morgan fingerprint density at radius 3 is 2.42 bits per heavy atom. The molecule has 2 aliphatic carbocycles. The van der Waals surface area contributed by atoms with Gasteiger partial charge in [-0.15, -0.1) is 0 Å². The summed E-state index contributed by atoms with van der Waals surface area (Å²) >= 11 is 0. The Balaban J connectivity index is 1.82. The van der Waals surface area contributed by atoms with Crippen LogP contribution in [0.25, 0.3) is 0 Å². The molecule has 0 aromatic rings. The van der Waals surface area contributed by atoms with Crippen LogP contribution < -0.4 is 0 Å². The van der Waals surface area contributed by atoms with Gasteiger partial charge in [0, 0.05) is 11.5 Å². The highest BCUT2D eigenvalue weighted by Crippen LogP contribution is 2.60. The summed E-state index contributed by atoms with van der Waals surface area (Å²) in [5.41, 5.74) is 0.234. The number of aliphatic hydroxyl groups is 2. The molecule has 0 aromatic heterocycles. The van der Waals surface area contributed by atoms with Crippen LogP contribution in [0, 0.1) is 23.7 Å². The molecule has 3 nitrogen and oxygen atoms in total. The van der Waals surface area contributed by atoms with Crippen molar-refractivity contribution in [1.82, 2.24) is 4.90 Å². The fraction of sp³-hybridized carbons (Fsp3) is 1.00. The van der Waals surface area contributed by atoms with Crippen LogP contribution in [0.5, 0.6) is 0 Å². The van der Waals surface area contributed by atoms with Gasteiger partial charge in [0.25, 0.3) is 0 Å². The lowest BCUT2D eigenvalue weighted by molar-refractivity contribution is -0.234. The topological polar surface area (TPSA) is 43.7 Å². The predicted molar refractivity (Wildman–Crippen MR) is 73.7 cm³/mol. The molecule has 7 atom stereocenters. The third-order valence-corrected chi connectivity index (χ3v) is 6.83. The minimum atomic E-state index is -0.477. The van der Waals surface area contributed by atoms with Crippen molar-refractivity contribution >= 4 is 0 Å². The zero-order valence-electron chi connectivity index (χ0n) is 12.0. The summed E-state index contributed by atoms with van der Waals surface area (Å²) in [5, 5.41) is 21.2. The highest BCUT2D eigenvalue weighted by molar-refractivity contribution is 5.17. The summed E-state index contributed by atoms with van der Waals surface area (Å²) in [7, 11) is 0. The normalized spacial score (nSPS) is 57.6. The molecule has 2 aliphatic heterocycles. The van der Waals surface area contributed by atoms with Crippen molar-refractivity contribution in [1.29, 1.82) is 0 Å². The number of nitrogens with zero attached hydrogens (tertiary/aromatic N) is 1. The lowest BCUT2D eigenvalue weighted by Crippen LogP contribution is -2.75. The average Bonchev–Trinajstić information content (AvgIpc) is 2.40. The van der Waals surface area contributed by atoms with Crippen LogP contribution in [0.1, 0.15) is 45.4 Å². The molecule has 2 heterocycles. The molecule has 0 radical (unpaired) electrons. The van der Waals surface area contributed by atoms with Crippen molar-refractivity contribution in [2.75, 3.05) is 13.1 Å². The molecule has 2 bridgehead atoms. The Morgan fingerprint density at radius 1 is 1.00 bits per heavy atom. The Hall–Kier alpha value is -0.120. The van der Waals surface area contributed by atoms with Crippen molar-refractivity contribution in [3.8, 4) is 0 Å². The average molecular weight is 265 g/mol. The van der Waals surface area contributed by atoms with Gasteiger partial charge in [0.05, 0.1) is 12.2 Å². The lowest BCUT2D eigenvalue weighted by Gasteiger charge is -2.68. The van der Waals surface area contributed by atoms with Gasteiger partial charge in [0.2, 0.25) is 0 Å². The summed E-state index contributed by atoms with van der Waals surface area (Å²) in [4.78, 5) is 2.72. The van der Waals surface area contributed by atoms with E-state index in [1.807, 2.05) is 0 Å². The van der Waals surface area contributed by atoms with E-state index >= 15 is 0 Å². The maximum absolute atomic E-state index is 10.6. The molecule has 1 spiro atoms. The summed E-state index contributed by atoms with van der Waals surface area (Å²) in [5.74, 6) is 2.00. The van der Waals surface area contributed by atoms with Gasteiger partial charge in [-0.3, -0.25) is 4.90 Å². The van der Waals surface area contributed by atoms with Gasteiger partial charge in [-0.1, -0.05) is 6.92 Å². The number of hydrogen-bond donors (Lipinski definition) is 2. The SMILES string of the molecule is C[C@@H]1C[C@H]2[C@H](O)[C@@H](O)[C@H]3CCCN4CCC[C@H]2[C@]34C1. The number of aliphatic hydroxyl groups excluding tert-OH is 2. The molecular formula is C16H27NO2. The smallest absolute Gasteiger partial charge is 0.0847 e. The maximum atomic E-state index is 10.6. The summed E-state index contributed by atoms with van der Waals surface area (Å²) in [6.07, 6.45) is 6.29. The van der Waals surface area contributed by atoms with Crippen LogP contribution >= 0.6 is 0 Å². The molecule has 2 saturated carbocycles. The molecule has 0 aromatic carbocycles. The molecule has 4 fully saturated rings. The Labute approximate surface area is 116 Å². The van der Waals surface area contributed by atoms with Crippen molar-refractivity contribution in [2.24, 2.45) is 23.7 Å². The van der Waals surface area contributed by atoms with E-state index in [-0.39, 0.29) is 5.54 Å². The summed E-state index contributed by atoms with van der Waals surface area (Å²) in [6, 6.07) is 0. The van der Waals surface area contributed by atoms with Crippen LogP contribution in [0.4, 0.5) is 0 Å². The molecule has 4 rings (SSSR count). The van der Waals surface area contributed by atoms with Gasteiger partial charge in [-0.25, -0.2) is 0 Å². The van der Waals surface area contributed by atoms with Crippen LogP contribution in [0.15, 0.2) is 0 Å². The van der Waals surface area contributed by atoms with E-state index < -0.39 is 12.2 Å². The van der Waals surface area contributed by atoms with Crippen LogP contribution in [0.2, 0.25) is 0 Å². The second-order valence-corrected chi connectivity index (χ2v) is 7.67. The van der Waals surface area contributed by atoms with E-state index in [4.69, 9.17) is 0 Å². The zero-order chi connectivity index (χ0) is 13.2. The third-order valence-electron chi connectivity index (χ3n) is 6.83. The fourth-order valence-corrected chi connectivity index (χ4v) is 6.40. The molecular weight excluding hydrogens is 238 g/mol. The lowest BCUT2D eigenvalue weighted by atomic mass is 9.47. The molecule has 0 unspecified atom stereocenters. The van der Waals surface area contributed by atoms with E-state index in [9.17, 15) is 10.2 Å². The molecule has 108 valence electrons. The summed E-state index contributed by atoms with van der Waals surface area (Å²) in [6.45, 7) is 4.78. The minimum absolute atomic E-state index is 0.234. The predicted octanol–water partition coefficient (Wildman–Crippen LogP) is 1.63. The molecule has 19 heavy (non-hydrogen) atoms. The number of hydrogen-bond acceptors (Lipinski definition) is 3. The molecule has 3 heteroatoms. The van der Waals surface area contributed by atoms with Gasteiger partial charge in [-0.05, 0) is 69.4 Å². The first-order valence-electron chi connectivity index (χ1n) is 8.26. The Kier molecular flexibility index (Phi) is 2.78. The van der Waals surface area contributed by atoms with Crippen molar-refractivity contribution < 1.29 is 10.2 Å². The Bertz CT molecular complexity index is 360. The van der Waals surface area contributed by atoms with E-state index in [1.165, 1.54) is 38.8 Å². The molecule has 0 amide bonds. The first kappa shape index (κ1) is 12.6. The monoisotopic (exact) mass is 265 g/mol. The number of piperidine rings is 2. The van der Waals surface area contributed by atoms with E-state index in [2.05, 4.69) is 11.8 Å². The zero-order valence-corrected chi connectivity index (χ0v) is 12.0. The van der Waals surface area contributed by atoms with Crippen LogP contribution in [-0.2, 0) is 0 Å². The minimum Gasteiger partial charge on any atom is -0.390 e. The second kappa shape index (κ2) is 4.19. The highest BCUT2D eigenvalue weighted by Gasteiger charge is 2.64. The van der Waals surface area contributed by atoms with Gasteiger partial charge in [0.15, 0.2) is 0 Å². The fourth-order valence-electron chi connectivity index (χ4n) is 6.40. The van der Waals surface area contributed by atoms with Crippen molar-refractivity contribution in [3.63, 3.8) is 0 Å². The quantitative estimate of drug-likeness (QED) is 0.699. The van der Waals surface area contributed by atoms with Gasteiger partial charge >= 0.3 is 0 Å². The number of rotatable bonds is 0. The van der Waals surface area contributed by atoms with Crippen molar-refractivity contribution in [2.45, 2.75) is 63.2 Å². The molecule has 4 aliphatic rings. The van der Waals surface area contributed by atoms with Gasteiger partial charge in [-0.2, -0.15) is 0 Å². The van der Waals surface area contributed by atoms with E-state index in [0.717, 1.165) is 12.8 Å². The third kappa shape index (κ3) is 1.50.